The molecule has 0 unspecified atom stereocenters. The molecule has 0 heterocycles. The largest absolute Gasteiger partial charge is 0.493 e. The van der Waals surface area contributed by atoms with Gasteiger partial charge in [0, 0.05) is 11.5 Å². The minimum absolute atomic E-state index is 0.117. The molecule has 0 saturated carbocycles. The van der Waals surface area contributed by atoms with Gasteiger partial charge in [-0.25, -0.2) is 0 Å². The van der Waals surface area contributed by atoms with Crippen LogP contribution in [0.3, 0.4) is 0 Å². The summed E-state index contributed by atoms with van der Waals surface area (Å²) in [5.41, 5.74) is 0.117. The van der Waals surface area contributed by atoms with Crippen LogP contribution in [0.25, 0.3) is 10.8 Å². The van der Waals surface area contributed by atoms with Crippen molar-refractivity contribution in [2.45, 2.75) is 20.3 Å². The predicted octanol–water partition coefficient (Wildman–Crippen LogP) is 4.17. The Labute approximate surface area is 112 Å². The molecule has 0 bridgehead atoms. The van der Waals surface area contributed by atoms with Crippen molar-refractivity contribution in [2.75, 3.05) is 6.61 Å². The molecular formula is C15H17NO3. The number of fused-ring (bicyclic) bond motifs is 1. The Bertz CT molecular complexity index is 593. The average Bonchev–Trinajstić information content (AvgIpc) is 2.38. The van der Waals surface area contributed by atoms with Crippen LogP contribution in [0.4, 0.5) is 5.69 Å². The van der Waals surface area contributed by atoms with Gasteiger partial charge in [-0.05, 0) is 24.5 Å². The summed E-state index contributed by atoms with van der Waals surface area (Å²) >= 11 is 0. The lowest BCUT2D eigenvalue weighted by molar-refractivity contribution is -0.383. The van der Waals surface area contributed by atoms with E-state index in [1.807, 2.05) is 12.1 Å². The number of benzene rings is 2. The minimum Gasteiger partial charge on any atom is -0.493 e. The zero-order valence-electron chi connectivity index (χ0n) is 11.1. The van der Waals surface area contributed by atoms with E-state index in [0.717, 1.165) is 11.8 Å². The molecule has 0 saturated heterocycles. The fraction of sp³-hybridized carbons (Fsp3) is 0.333. The SMILES string of the molecule is CC(C)CCOc1ccc([N+](=O)[O-])c2ccccc12. The summed E-state index contributed by atoms with van der Waals surface area (Å²) in [7, 11) is 0. The summed E-state index contributed by atoms with van der Waals surface area (Å²) in [5.74, 6) is 1.28. The van der Waals surface area contributed by atoms with Crippen molar-refractivity contribution in [3.8, 4) is 5.75 Å². The van der Waals surface area contributed by atoms with Gasteiger partial charge in [0.15, 0.2) is 0 Å². The van der Waals surface area contributed by atoms with E-state index in [4.69, 9.17) is 4.74 Å². The summed E-state index contributed by atoms with van der Waals surface area (Å²) in [6.45, 7) is 4.90. The van der Waals surface area contributed by atoms with Gasteiger partial charge in [0.1, 0.15) is 5.75 Å². The van der Waals surface area contributed by atoms with Gasteiger partial charge >= 0.3 is 0 Å². The van der Waals surface area contributed by atoms with Gasteiger partial charge in [0.2, 0.25) is 0 Å². The molecule has 4 heteroatoms. The van der Waals surface area contributed by atoms with Gasteiger partial charge in [-0.3, -0.25) is 10.1 Å². The summed E-state index contributed by atoms with van der Waals surface area (Å²) in [5, 5.41) is 12.4. The van der Waals surface area contributed by atoms with E-state index >= 15 is 0 Å². The van der Waals surface area contributed by atoms with Crippen molar-refractivity contribution in [3.63, 3.8) is 0 Å². The molecule has 4 nitrogen and oxygen atoms in total. The molecule has 19 heavy (non-hydrogen) atoms. The summed E-state index contributed by atoms with van der Waals surface area (Å²) in [6, 6.07) is 10.5. The topological polar surface area (TPSA) is 52.4 Å². The normalized spacial score (nSPS) is 10.9. The van der Waals surface area contributed by atoms with Gasteiger partial charge in [0.25, 0.3) is 5.69 Å². The number of ether oxygens (including phenoxy) is 1. The van der Waals surface area contributed by atoms with Crippen molar-refractivity contribution in [1.29, 1.82) is 0 Å². The Morgan fingerprint density at radius 2 is 1.84 bits per heavy atom. The van der Waals surface area contributed by atoms with Crippen molar-refractivity contribution in [3.05, 3.63) is 46.5 Å². The van der Waals surface area contributed by atoms with E-state index in [2.05, 4.69) is 13.8 Å². The van der Waals surface area contributed by atoms with Crippen LogP contribution in [0.1, 0.15) is 20.3 Å². The minimum atomic E-state index is -0.361. The zero-order valence-corrected chi connectivity index (χ0v) is 11.1. The molecule has 0 atom stereocenters. The monoisotopic (exact) mass is 259 g/mol. The quantitative estimate of drug-likeness (QED) is 0.598. The molecule has 0 aliphatic rings. The Morgan fingerprint density at radius 1 is 1.16 bits per heavy atom. The van der Waals surface area contributed by atoms with E-state index in [-0.39, 0.29) is 10.6 Å². The molecule has 0 spiro atoms. The molecule has 0 aromatic heterocycles. The standard InChI is InChI=1S/C15H17NO3/c1-11(2)9-10-19-15-8-7-14(16(17)18)12-5-3-4-6-13(12)15/h3-8,11H,9-10H2,1-2H3. The fourth-order valence-corrected chi connectivity index (χ4v) is 1.95. The second-order valence-electron chi connectivity index (χ2n) is 4.92. The molecule has 2 aromatic carbocycles. The molecule has 2 aromatic rings. The Morgan fingerprint density at radius 3 is 2.47 bits per heavy atom. The number of rotatable bonds is 5. The van der Waals surface area contributed by atoms with Crippen LogP contribution < -0.4 is 4.74 Å². The maximum atomic E-state index is 11.0. The molecular weight excluding hydrogens is 242 g/mol. The highest BCUT2D eigenvalue weighted by molar-refractivity contribution is 5.95. The first-order valence-electron chi connectivity index (χ1n) is 6.38. The first-order valence-corrected chi connectivity index (χ1v) is 6.38. The first kappa shape index (κ1) is 13.3. The molecule has 0 N–H and O–H groups in total. The van der Waals surface area contributed by atoms with E-state index in [1.165, 1.54) is 6.07 Å². The smallest absolute Gasteiger partial charge is 0.277 e. The van der Waals surface area contributed by atoms with Gasteiger partial charge in [-0.15, -0.1) is 0 Å². The van der Waals surface area contributed by atoms with Gasteiger partial charge in [-0.1, -0.05) is 32.0 Å². The molecule has 0 radical (unpaired) electrons. The third kappa shape index (κ3) is 3.02. The summed E-state index contributed by atoms with van der Waals surface area (Å²) < 4.78 is 5.74. The molecule has 100 valence electrons. The van der Waals surface area contributed by atoms with Crippen LogP contribution in [0.5, 0.6) is 5.75 Å². The second-order valence-corrected chi connectivity index (χ2v) is 4.92. The third-order valence-corrected chi connectivity index (χ3v) is 3.01. The van der Waals surface area contributed by atoms with Gasteiger partial charge in [-0.2, -0.15) is 0 Å². The number of nitro groups is 1. The summed E-state index contributed by atoms with van der Waals surface area (Å²) in [6.07, 6.45) is 0.964. The molecule has 0 amide bonds. The molecule has 0 aliphatic carbocycles. The van der Waals surface area contributed by atoms with Crippen molar-refractivity contribution in [1.82, 2.24) is 0 Å². The first-order chi connectivity index (χ1) is 9.09. The van der Waals surface area contributed by atoms with Crippen LogP contribution in [-0.2, 0) is 0 Å². The Hall–Kier alpha value is -2.10. The Balaban J connectivity index is 2.36. The number of nitro benzene ring substituents is 1. The van der Waals surface area contributed by atoms with Crippen LogP contribution in [-0.4, -0.2) is 11.5 Å². The predicted molar refractivity (Wildman–Crippen MR) is 75.6 cm³/mol. The number of hydrogen-bond acceptors (Lipinski definition) is 3. The summed E-state index contributed by atoms with van der Waals surface area (Å²) in [4.78, 5) is 10.6. The lowest BCUT2D eigenvalue weighted by Gasteiger charge is -2.10. The third-order valence-electron chi connectivity index (χ3n) is 3.01. The zero-order chi connectivity index (χ0) is 13.8. The van der Waals surface area contributed by atoms with Crippen LogP contribution in [0.2, 0.25) is 0 Å². The molecule has 0 fully saturated rings. The van der Waals surface area contributed by atoms with Crippen molar-refractivity contribution in [2.24, 2.45) is 5.92 Å². The Kier molecular flexibility index (Phi) is 4.00. The van der Waals surface area contributed by atoms with Crippen molar-refractivity contribution < 1.29 is 9.66 Å². The number of hydrogen-bond donors (Lipinski definition) is 0. The van der Waals surface area contributed by atoms with E-state index in [9.17, 15) is 10.1 Å². The van der Waals surface area contributed by atoms with Crippen molar-refractivity contribution >= 4 is 16.5 Å². The highest BCUT2D eigenvalue weighted by Gasteiger charge is 2.14. The lowest BCUT2D eigenvalue weighted by atomic mass is 10.1. The van der Waals surface area contributed by atoms with E-state index in [1.54, 1.807) is 18.2 Å². The van der Waals surface area contributed by atoms with Crippen LogP contribution >= 0.6 is 0 Å². The number of non-ortho nitro benzene ring substituents is 1. The second kappa shape index (κ2) is 5.69. The van der Waals surface area contributed by atoms with Crippen LogP contribution in [0, 0.1) is 16.0 Å². The fourth-order valence-electron chi connectivity index (χ4n) is 1.95. The van der Waals surface area contributed by atoms with E-state index in [0.29, 0.717) is 23.7 Å². The maximum Gasteiger partial charge on any atom is 0.277 e. The van der Waals surface area contributed by atoms with Crippen LogP contribution in [0.15, 0.2) is 36.4 Å². The molecule has 0 aliphatic heterocycles. The maximum absolute atomic E-state index is 11.0. The highest BCUT2D eigenvalue weighted by atomic mass is 16.6. The lowest BCUT2D eigenvalue weighted by Crippen LogP contribution is -2.02. The average molecular weight is 259 g/mol. The highest BCUT2D eigenvalue weighted by Crippen LogP contribution is 2.32. The molecule has 2 rings (SSSR count). The van der Waals surface area contributed by atoms with E-state index < -0.39 is 0 Å². The number of nitrogens with zero attached hydrogens (tertiary/aromatic N) is 1. The van der Waals surface area contributed by atoms with Gasteiger partial charge in [0.05, 0.1) is 16.9 Å². The van der Waals surface area contributed by atoms with Gasteiger partial charge < -0.3 is 4.74 Å².